The van der Waals surface area contributed by atoms with Gasteiger partial charge in [-0.1, -0.05) is 19.1 Å². The molecule has 134 valence electrons. The molecule has 3 nitrogen and oxygen atoms in total. The molecule has 0 saturated heterocycles. The predicted molar refractivity (Wildman–Crippen MR) is 117 cm³/mol. The van der Waals surface area contributed by atoms with Crippen LogP contribution in [-0.2, 0) is 17.8 Å². The number of ether oxygens (including phenoxy) is 2. The van der Waals surface area contributed by atoms with Crippen LogP contribution in [0.1, 0.15) is 36.1 Å². The van der Waals surface area contributed by atoms with Gasteiger partial charge in [0.05, 0.1) is 6.61 Å². The van der Waals surface area contributed by atoms with Crippen LogP contribution in [-0.4, -0.2) is 11.8 Å². The molecule has 2 rings (SSSR count). The Kier molecular flexibility index (Phi) is 7.50. The van der Waals surface area contributed by atoms with E-state index in [0.717, 1.165) is 32.6 Å². The smallest absolute Gasteiger partial charge is 0.261 e. The van der Waals surface area contributed by atoms with Crippen LogP contribution < -0.4 is 10.1 Å². The van der Waals surface area contributed by atoms with Crippen molar-refractivity contribution in [3.05, 3.63) is 56.2 Å². The van der Waals surface area contributed by atoms with Gasteiger partial charge < -0.3 is 14.8 Å². The number of anilines is 1. The monoisotopic (exact) mass is 469 g/mol. The van der Waals surface area contributed by atoms with Crippen molar-refractivity contribution in [3.8, 4) is 5.75 Å². The minimum absolute atomic E-state index is 0.380. The molecule has 5 heteroatoms. The molecule has 0 amide bonds. The molecular formula is C20H24INO2S. The first-order chi connectivity index (χ1) is 12.0. The largest absolute Gasteiger partial charge is 0.489 e. The molecule has 0 spiro atoms. The predicted octanol–water partition coefficient (Wildman–Crippen LogP) is 5.78. The molecule has 0 unspecified atom stereocenters. The van der Waals surface area contributed by atoms with Gasteiger partial charge in [0.15, 0.2) is 0 Å². The fraction of sp³-hybridized carbons (Fsp3) is 0.350. The number of nitrogens with one attached hydrogen (secondary N) is 1. The summed E-state index contributed by atoms with van der Waals surface area (Å²) in [5, 5.41) is 3.54. The molecule has 0 aromatic heterocycles. The first-order valence-electron chi connectivity index (χ1n) is 8.40. The summed E-state index contributed by atoms with van der Waals surface area (Å²) in [4.78, 5) is 0. The van der Waals surface area contributed by atoms with Gasteiger partial charge >= 0.3 is 0 Å². The van der Waals surface area contributed by atoms with Crippen LogP contribution in [0.2, 0.25) is 0 Å². The van der Waals surface area contributed by atoms with Crippen LogP contribution in [0.15, 0.2) is 30.3 Å². The van der Waals surface area contributed by atoms with Crippen molar-refractivity contribution < 1.29 is 9.47 Å². The van der Waals surface area contributed by atoms with E-state index in [1.807, 2.05) is 19.1 Å². The number of thiocarbonyl (C=S) groups is 1. The standard InChI is InChI=1S/C20H24INO2S/c1-5-15-10-14(4)19(11-13(15)3)24-12-16-17(21)8-7-9-18(16)22-20(25)23-6-2/h7-11H,5-6,12H2,1-4H3,(H,22,25). The Balaban J connectivity index is 2.20. The Morgan fingerprint density at radius 2 is 1.92 bits per heavy atom. The van der Waals surface area contributed by atoms with E-state index in [2.05, 4.69) is 66.9 Å². The lowest BCUT2D eigenvalue weighted by Gasteiger charge is -2.17. The van der Waals surface area contributed by atoms with Crippen LogP contribution in [0.3, 0.4) is 0 Å². The van der Waals surface area contributed by atoms with Gasteiger partial charge in [0.2, 0.25) is 0 Å². The SMILES string of the molecule is CCOC(=S)Nc1cccc(I)c1COc1cc(C)c(CC)cc1C. The minimum atomic E-state index is 0.380. The van der Waals surface area contributed by atoms with E-state index in [1.54, 1.807) is 0 Å². The highest BCUT2D eigenvalue weighted by molar-refractivity contribution is 14.1. The van der Waals surface area contributed by atoms with E-state index < -0.39 is 0 Å². The molecule has 0 aliphatic carbocycles. The summed E-state index contributed by atoms with van der Waals surface area (Å²) in [6.45, 7) is 9.33. The zero-order valence-corrected chi connectivity index (χ0v) is 18.1. The summed E-state index contributed by atoms with van der Waals surface area (Å²) in [5.74, 6) is 0.924. The molecule has 0 heterocycles. The first kappa shape index (κ1) is 20.0. The Labute approximate surface area is 169 Å². The molecule has 2 aromatic carbocycles. The number of hydrogen-bond donors (Lipinski definition) is 1. The first-order valence-corrected chi connectivity index (χ1v) is 9.89. The van der Waals surface area contributed by atoms with Gasteiger partial charge in [0.1, 0.15) is 12.4 Å². The van der Waals surface area contributed by atoms with Gasteiger partial charge in [-0.25, -0.2) is 0 Å². The molecule has 25 heavy (non-hydrogen) atoms. The fourth-order valence-corrected chi connectivity index (χ4v) is 3.52. The van der Waals surface area contributed by atoms with Gasteiger partial charge in [-0.15, -0.1) is 0 Å². The zero-order valence-electron chi connectivity index (χ0n) is 15.1. The highest BCUT2D eigenvalue weighted by Crippen LogP contribution is 2.27. The molecule has 0 fully saturated rings. The van der Waals surface area contributed by atoms with Crippen molar-refractivity contribution in [3.63, 3.8) is 0 Å². The molecule has 0 atom stereocenters. The van der Waals surface area contributed by atoms with Crippen LogP contribution in [0.4, 0.5) is 5.69 Å². The van der Waals surface area contributed by atoms with Crippen molar-refractivity contribution in [1.82, 2.24) is 0 Å². The van der Waals surface area contributed by atoms with E-state index in [1.165, 1.54) is 11.1 Å². The molecule has 0 aliphatic heterocycles. The third kappa shape index (κ3) is 5.31. The molecule has 0 bridgehead atoms. The maximum Gasteiger partial charge on any atom is 0.261 e. The lowest BCUT2D eigenvalue weighted by molar-refractivity contribution is 0.303. The van der Waals surface area contributed by atoms with Crippen molar-refractivity contribution in [2.24, 2.45) is 0 Å². The third-order valence-corrected chi connectivity index (χ3v) is 5.25. The topological polar surface area (TPSA) is 30.5 Å². The lowest BCUT2D eigenvalue weighted by Crippen LogP contribution is -2.15. The van der Waals surface area contributed by atoms with Crippen LogP contribution in [0.25, 0.3) is 0 Å². The maximum absolute atomic E-state index is 6.14. The van der Waals surface area contributed by atoms with E-state index in [4.69, 9.17) is 21.7 Å². The quantitative estimate of drug-likeness (QED) is 0.429. The zero-order chi connectivity index (χ0) is 18.4. The third-order valence-electron chi connectivity index (χ3n) is 4.02. The summed E-state index contributed by atoms with van der Waals surface area (Å²) in [6.07, 6.45) is 1.03. The highest BCUT2D eigenvalue weighted by Gasteiger charge is 2.11. The van der Waals surface area contributed by atoms with Crippen molar-refractivity contribution in [1.29, 1.82) is 0 Å². The molecule has 0 aliphatic rings. The average molecular weight is 469 g/mol. The van der Waals surface area contributed by atoms with Gasteiger partial charge in [0, 0.05) is 14.8 Å². The van der Waals surface area contributed by atoms with Crippen molar-refractivity contribution in [2.45, 2.75) is 40.7 Å². The summed E-state index contributed by atoms with van der Waals surface area (Å²) in [7, 11) is 0. The Hall–Kier alpha value is -1.34. The van der Waals surface area contributed by atoms with E-state index in [-0.39, 0.29) is 0 Å². The highest BCUT2D eigenvalue weighted by atomic mass is 127. The molecular weight excluding hydrogens is 445 g/mol. The fourth-order valence-electron chi connectivity index (χ4n) is 2.64. The number of halogens is 1. The normalized spacial score (nSPS) is 10.4. The lowest BCUT2D eigenvalue weighted by atomic mass is 10.0. The van der Waals surface area contributed by atoms with Crippen LogP contribution >= 0.6 is 34.8 Å². The maximum atomic E-state index is 6.14. The van der Waals surface area contributed by atoms with Crippen molar-refractivity contribution >= 4 is 45.7 Å². The Bertz CT molecular complexity index is 762. The number of rotatable bonds is 6. The number of benzene rings is 2. The summed E-state index contributed by atoms with van der Waals surface area (Å²) < 4.78 is 12.6. The summed E-state index contributed by atoms with van der Waals surface area (Å²) in [5.41, 5.74) is 5.78. The van der Waals surface area contributed by atoms with Gasteiger partial charge in [-0.3, -0.25) is 0 Å². The van der Waals surface area contributed by atoms with E-state index in [0.29, 0.717) is 18.4 Å². The van der Waals surface area contributed by atoms with Crippen molar-refractivity contribution in [2.75, 3.05) is 11.9 Å². The Morgan fingerprint density at radius 3 is 2.60 bits per heavy atom. The number of aryl methyl sites for hydroxylation is 3. The van der Waals surface area contributed by atoms with Gasteiger partial charge in [0.25, 0.3) is 5.17 Å². The molecule has 2 aromatic rings. The second-order valence-corrected chi connectivity index (χ2v) is 7.33. The number of hydrogen-bond acceptors (Lipinski definition) is 3. The second kappa shape index (κ2) is 9.38. The minimum Gasteiger partial charge on any atom is -0.489 e. The van der Waals surface area contributed by atoms with Gasteiger partial charge in [-0.05, 0) is 96.9 Å². The van der Waals surface area contributed by atoms with E-state index in [9.17, 15) is 0 Å². The van der Waals surface area contributed by atoms with E-state index >= 15 is 0 Å². The second-order valence-electron chi connectivity index (χ2n) is 5.80. The molecule has 0 saturated carbocycles. The summed E-state index contributed by atoms with van der Waals surface area (Å²) in [6, 6.07) is 10.4. The summed E-state index contributed by atoms with van der Waals surface area (Å²) >= 11 is 7.52. The molecule has 1 N–H and O–H groups in total. The van der Waals surface area contributed by atoms with Crippen LogP contribution in [0.5, 0.6) is 5.75 Å². The van der Waals surface area contributed by atoms with Crippen LogP contribution in [0, 0.1) is 17.4 Å². The molecule has 0 radical (unpaired) electrons. The average Bonchev–Trinajstić information content (AvgIpc) is 2.57. The Morgan fingerprint density at radius 1 is 1.16 bits per heavy atom. The van der Waals surface area contributed by atoms with Gasteiger partial charge in [-0.2, -0.15) is 0 Å².